The van der Waals surface area contributed by atoms with Gasteiger partial charge in [-0.25, -0.2) is 0 Å². The van der Waals surface area contributed by atoms with Gasteiger partial charge >= 0.3 is 0 Å². The Hall–Kier alpha value is -1.08. The Morgan fingerprint density at radius 3 is 2.53 bits per heavy atom. The quantitative estimate of drug-likeness (QED) is 0.669. The van der Waals surface area contributed by atoms with E-state index >= 15 is 0 Å². The predicted molar refractivity (Wildman–Crippen MR) is 72.1 cm³/mol. The number of benzene rings is 1. The third-order valence-electron chi connectivity index (χ3n) is 3.37. The van der Waals surface area contributed by atoms with Crippen LogP contribution < -0.4 is 0 Å². The molecule has 1 aromatic carbocycles. The van der Waals surface area contributed by atoms with Crippen LogP contribution in [0.25, 0.3) is 6.08 Å². The summed E-state index contributed by atoms with van der Waals surface area (Å²) in [4.78, 5) is 12.2. The normalized spacial score (nSPS) is 21.8. The van der Waals surface area contributed by atoms with E-state index in [0.29, 0.717) is 5.78 Å². The molecule has 0 aromatic heterocycles. The number of ketones is 1. The number of halogens is 1. The molecule has 1 aliphatic carbocycles. The van der Waals surface area contributed by atoms with Gasteiger partial charge in [-0.15, -0.1) is 0 Å². The van der Waals surface area contributed by atoms with Crippen molar-refractivity contribution in [3.8, 4) is 0 Å². The smallest absolute Gasteiger partial charge is 0.164 e. The van der Waals surface area contributed by atoms with E-state index in [1.165, 1.54) is 0 Å². The second kappa shape index (κ2) is 4.66. The van der Waals surface area contributed by atoms with Crippen molar-refractivity contribution in [3.63, 3.8) is 0 Å². The minimum atomic E-state index is -0.198. The van der Waals surface area contributed by atoms with Crippen LogP contribution in [-0.2, 0) is 4.79 Å². The molecule has 2 rings (SSSR count). The monoisotopic (exact) mass is 248 g/mol. The van der Waals surface area contributed by atoms with E-state index < -0.39 is 0 Å². The maximum atomic E-state index is 12.2. The first-order valence-electron chi connectivity index (χ1n) is 6.00. The summed E-state index contributed by atoms with van der Waals surface area (Å²) < 4.78 is 0. The highest BCUT2D eigenvalue weighted by atomic mass is 35.5. The second-order valence-electron chi connectivity index (χ2n) is 5.29. The van der Waals surface area contributed by atoms with Gasteiger partial charge < -0.3 is 0 Å². The van der Waals surface area contributed by atoms with Crippen LogP contribution in [0.1, 0.15) is 38.7 Å². The summed E-state index contributed by atoms with van der Waals surface area (Å²) in [6, 6.07) is 7.60. The fraction of sp³-hybridized carbons (Fsp3) is 0.400. The van der Waals surface area contributed by atoms with Crippen molar-refractivity contribution in [1.82, 2.24) is 0 Å². The van der Waals surface area contributed by atoms with E-state index in [2.05, 4.69) is 0 Å². The molecule has 0 spiro atoms. The van der Waals surface area contributed by atoms with Crippen molar-refractivity contribution in [1.29, 1.82) is 0 Å². The number of hydrogen-bond acceptors (Lipinski definition) is 1. The molecule has 1 saturated carbocycles. The number of rotatable bonds is 1. The van der Waals surface area contributed by atoms with Crippen molar-refractivity contribution < 1.29 is 4.79 Å². The Bertz CT molecular complexity index is 454. The summed E-state index contributed by atoms with van der Waals surface area (Å²) in [5.41, 5.74) is 1.80. The molecule has 0 saturated heterocycles. The van der Waals surface area contributed by atoms with E-state index in [1.807, 2.05) is 44.2 Å². The number of carbonyl (C=O) groups excluding carboxylic acids is 1. The van der Waals surface area contributed by atoms with Crippen LogP contribution in [0.2, 0.25) is 5.02 Å². The molecular formula is C15H17ClO. The molecule has 1 fully saturated rings. The zero-order valence-corrected chi connectivity index (χ0v) is 11.1. The Morgan fingerprint density at radius 2 is 1.88 bits per heavy atom. The number of carbonyl (C=O) groups is 1. The Balaban J connectivity index is 2.27. The molecule has 0 heterocycles. The molecule has 0 atom stereocenters. The fourth-order valence-electron chi connectivity index (χ4n) is 2.28. The fourth-order valence-corrected chi connectivity index (χ4v) is 2.41. The minimum Gasteiger partial charge on any atom is -0.294 e. The molecule has 0 aliphatic heterocycles. The van der Waals surface area contributed by atoms with E-state index in [1.54, 1.807) is 0 Å². The van der Waals surface area contributed by atoms with Crippen LogP contribution >= 0.6 is 11.6 Å². The van der Waals surface area contributed by atoms with Gasteiger partial charge in [0.15, 0.2) is 5.78 Å². The summed E-state index contributed by atoms with van der Waals surface area (Å²) in [5, 5.41) is 0.724. The van der Waals surface area contributed by atoms with Crippen molar-refractivity contribution in [2.75, 3.05) is 0 Å². The van der Waals surface area contributed by atoms with Gasteiger partial charge in [-0.2, -0.15) is 0 Å². The molecular weight excluding hydrogens is 232 g/mol. The maximum Gasteiger partial charge on any atom is 0.164 e. The molecule has 90 valence electrons. The highest BCUT2D eigenvalue weighted by Crippen LogP contribution is 2.35. The summed E-state index contributed by atoms with van der Waals surface area (Å²) >= 11 is 5.84. The van der Waals surface area contributed by atoms with E-state index in [4.69, 9.17) is 11.6 Å². The predicted octanol–water partition coefficient (Wildman–Crippen LogP) is 4.50. The zero-order chi connectivity index (χ0) is 12.5. The SMILES string of the molecule is CC1(C)CCCC(=Cc2ccc(Cl)cc2)C1=O. The summed E-state index contributed by atoms with van der Waals surface area (Å²) in [7, 11) is 0. The minimum absolute atomic E-state index is 0.198. The Kier molecular flexibility index (Phi) is 3.39. The molecule has 1 aliphatic rings. The van der Waals surface area contributed by atoms with Crippen LogP contribution in [0, 0.1) is 5.41 Å². The van der Waals surface area contributed by atoms with Crippen molar-refractivity contribution in [2.24, 2.45) is 5.41 Å². The highest BCUT2D eigenvalue weighted by molar-refractivity contribution is 6.30. The second-order valence-corrected chi connectivity index (χ2v) is 5.72. The van der Waals surface area contributed by atoms with Gasteiger partial charge in [0.2, 0.25) is 0 Å². The first-order valence-corrected chi connectivity index (χ1v) is 6.38. The van der Waals surface area contributed by atoms with Crippen LogP contribution in [0.3, 0.4) is 0 Å². The molecule has 0 radical (unpaired) electrons. The lowest BCUT2D eigenvalue weighted by Gasteiger charge is -2.29. The maximum absolute atomic E-state index is 12.2. The molecule has 1 nitrogen and oxygen atoms in total. The lowest BCUT2D eigenvalue weighted by atomic mass is 9.73. The lowest BCUT2D eigenvalue weighted by Crippen LogP contribution is -2.29. The molecule has 17 heavy (non-hydrogen) atoms. The molecule has 0 bridgehead atoms. The van der Waals surface area contributed by atoms with Gasteiger partial charge in [-0.3, -0.25) is 4.79 Å². The van der Waals surface area contributed by atoms with Crippen LogP contribution in [0.15, 0.2) is 29.8 Å². The van der Waals surface area contributed by atoms with Crippen molar-refractivity contribution in [3.05, 3.63) is 40.4 Å². The van der Waals surface area contributed by atoms with Crippen LogP contribution in [-0.4, -0.2) is 5.78 Å². The topological polar surface area (TPSA) is 17.1 Å². The van der Waals surface area contributed by atoms with Gasteiger partial charge in [0, 0.05) is 10.4 Å². The summed E-state index contributed by atoms with van der Waals surface area (Å²) in [6.45, 7) is 4.06. The third-order valence-corrected chi connectivity index (χ3v) is 3.62. The van der Waals surface area contributed by atoms with Gasteiger partial charge in [-0.1, -0.05) is 37.6 Å². The summed E-state index contributed by atoms with van der Waals surface area (Å²) in [6.07, 6.45) is 4.98. The first kappa shape index (κ1) is 12.4. The highest BCUT2D eigenvalue weighted by Gasteiger charge is 2.33. The average Bonchev–Trinajstić information content (AvgIpc) is 2.28. The first-order chi connectivity index (χ1) is 7.99. The largest absolute Gasteiger partial charge is 0.294 e. The number of hydrogen-bond donors (Lipinski definition) is 0. The number of Topliss-reactive ketones (excluding diaryl/α,β-unsaturated/α-hetero) is 1. The van der Waals surface area contributed by atoms with E-state index in [0.717, 1.165) is 35.4 Å². The van der Waals surface area contributed by atoms with Crippen molar-refractivity contribution in [2.45, 2.75) is 33.1 Å². The van der Waals surface area contributed by atoms with Crippen LogP contribution in [0.4, 0.5) is 0 Å². The van der Waals surface area contributed by atoms with Gasteiger partial charge in [0.25, 0.3) is 0 Å². The molecule has 1 aromatic rings. The zero-order valence-electron chi connectivity index (χ0n) is 10.3. The molecule has 0 amide bonds. The standard InChI is InChI=1S/C15H17ClO/c1-15(2)9-3-4-12(14(15)17)10-11-5-7-13(16)8-6-11/h5-8,10H,3-4,9H2,1-2H3. The van der Waals surface area contributed by atoms with E-state index in [-0.39, 0.29) is 5.41 Å². The molecule has 0 unspecified atom stereocenters. The van der Waals surface area contributed by atoms with Gasteiger partial charge in [0.05, 0.1) is 0 Å². The van der Waals surface area contributed by atoms with E-state index in [9.17, 15) is 4.79 Å². The van der Waals surface area contributed by atoms with Gasteiger partial charge in [0.1, 0.15) is 0 Å². The molecule has 0 N–H and O–H groups in total. The lowest BCUT2D eigenvalue weighted by molar-refractivity contribution is -0.124. The van der Waals surface area contributed by atoms with Crippen molar-refractivity contribution >= 4 is 23.5 Å². The average molecular weight is 249 g/mol. The summed E-state index contributed by atoms with van der Waals surface area (Å²) in [5.74, 6) is 0.290. The Labute approximate surface area is 107 Å². The molecule has 2 heteroatoms. The third kappa shape index (κ3) is 2.78. The number of allylic oxidation sites excluding steroid dienone is 1. The Morgan fingerprint density at radius 1 is 1.24 bits per heavy atom. The van der Waals surface area contributed by atoms with Gasteiger partial charge in [-0.05, 0) is 48.6 Å². The van der Waals surface area contributed by atoms with Crippen LogP contribution in [0.5, 0.6) is 0 Å².